The van der Waals surface area contributed by atoms with E-state index in [1.807, 2.05) is 18.2 Å². The summed E-state index contributed by atoms with van der Waals surface area (Å²) in [6.45, 7) is 0.829. The summed E-state index contributed by atoms with van der Waals surface area (Å²) in [6.07, 6.45) is 2.73. The van der Waals surface area contributed by atoms with E-state index in [1.54, 1.807) is 42.6 Å². The van der Waals surface area contributed by atoms with Gasteiger partial charge in [0.05, 0.1) is 12.2 Å². The predicted molar refractivity (Wildman–Crippen MR) is 155 cm³/mol. The Labute approximate surface area is 244 Å². The number of benzene rings is 2. The van der Waals surface area contributed by atoms with E-state index < -0.39 is 29.8 Å². The van der Waals surface area contributed by atoms with Crippen molar-refractivity contribution in [1.82, 2.24) is 26.3 Å². The average molecular weight is 574 g/mol. The SMILES string of the molecule is O=C1CC[C@@H](C(=O)NCCc2ccccn2)NC(=O)c2ccccc2OCCCNC(=O)[C@H](Cc2ccc(O)cc2)N1. The number of aromatic nitrogens is 1. The number of rotatable bonds is 6. The maximum absolute atomic E-state index is 13.3. The van der Waals surface area contributed by atoms with Crippen molar-refractivity contribution in [3.8, 4) is 11.5 Å². The van der Waals surface area contributed by atoms with Crippen LogP contribution >= 0.6 is 0 Å². The van der Waals surface area contributed by atoms with Crippen molar-refractivity contribution in [2.45, 2.75) is 44.2 Å². The van der Waals surface area contributed by atoms with Crippen molar-refractivity contribution in [3.05, 3.63) is 89.7 Å². The fourth-order valence-electron chi connectivity index (χ4n) is 4.48. The van der Waals surface area contributed by atoms with E-state index in [1.165, 1.54) is 12.1 Å². The van der Waals surface area contributed by atoms with Gasteiger partial charge in [0, 0.05) is 44.2 Å². The standard InChI is InChI=1S/C31H35N5O6/c37-23-11-9-21(10-12-23)20-26-31(41)33-17-5-19-42-27-8-2-1-7-24(27)29(39)36-25(13-14-28(38)35-26)30(40)34-18-15-22-6-3-4-16-32-22/h1-4,6-12,16,25-26,37H,5,13-15,17-20H2,(H,33,41)(H,34,40)(H,35,38)(H,36,39)/t25-,26-/m0/s1. The van der Waals surface area contributed by atoms with Gasteiger partial charge in [-0.25, -0.2) is 0 Å². The molecule has 0 saturated carbocycles. The first-order chi connectivity index (χ1) is 20.4. The molecule has 0 unspecified atom stereocenters. The van der Waals surface area contributed by atoms with Gasteiger partial charge in [-0.2, -0.15) is 0 Å². The Morgan fingerprint density at radius 1 is 1.00 bits per heavy atom. The molecule has 0 aliphatic carbocycles. The Hall–Kier alpha value is -4.93. The predicted octanol–water partition coefficient (Wildman–Crippen LogP) is 1.65. The molecule has 5 N–H and O–H groups in total. The summed E-state index contributed by atoms with van der Waals surface area (Å²) in [7, 11) is 0. The van der Waals surface area contributed by atoms with Crippen molar-refractivity contribution in [2.75, 3.05) is 19.7 Å². The van der Waals surface area contributed by atoms with E-state index in [0.29, 0.717) is 31.7 Å². The summed E-state index contributed by atoms with van der Waals surface area (Å²) in [5.41, 5.74) is 1.82. The number of pyridine rings is 1. The molecule has 42 heavy (non-hydrogen) atoms. The van der Waals surface area contributed by atoms with Gasteiger partial charge in [-0.05, 0) is 54.8 Å². The molecule has 2 atom stereocenters. The molecular weight excluding hydrogens is 538 g/mol. The summed E-state index contributed by atoms with van der Waals surface area (Å²) >= 11 is 0. The number of hydrogen-bond acceptors (Lipinski definition) is 7. The smallest absolute Gasteiger partial charge is 0.255 e. The van der Waals surface area contributed by atoms with Crippen molar-refractivity contribution < 1.29 is 29.0 Å². The molecule has 3 aromatic rings. The second-order valence-electron chi connectivity index (χ2n) is 9.91. The third-order valence-electron chi connectivity index (χ3n) is 6.73. The lowest BCUT2D eigenvalue weighted by molar-refractivity contribution is -0.129. The van der Waals surface area contributed by atoms with Crippen molar-refractivity contribution in [3.63, 3.8) is 0 Å². The number of aromatic hydroxyl groups is 1. The number of hydrogen-bond donors (Lipinski definition) is 5. The molecule has 0 spiro atoms. The van der Waals surface area contributed by atoms with Crippen LogP contribution in [0.4, 0.5) is 0 Å². The highest BCUT2D eigenvalue weighted by atomic mass is 16.5. The summed E-state index contributed by atoms with van der Waals surface area (Å²) in [6, 6.07) is 16.7. The van der Waals surface area contributed by atoms with Gasteiger partial charge >= 0.3 is 0 Å². The van der Waals surface area contributed by atoms with Crippen LogP contribution in [-0.4, -0.2) is 65.5 Å². The van der Waals surface area contributed by atoms with Gasteiger partial charge in [0.15, 0.2) is 0 Å². The van der Waals surface area contributed by atoms with E-state index in [0.717, 1.165) is 11.3 Å². The minimum atomic E-state index is -1.02. The van der Waals surface area contributed by atoms with Crippen LogP contribution in [0.15, 0.2) is 72.9 Å². The lowest BCUT2D eigenvalue weighted by Crippen LogP contribution is -2.50. The summed E-state index contributed by atoms with van der Waals surface area (Å²) in [4.78, 5) is 56.7. The molecule has 2 aromatic carbocycles. The molecule has 1 aliphatic rings. The van der Waals surface area contributed by atoms with Crippen LogP contribution in [0.3, 0.4) is 0 Å². The highest BCUT2D eigenvalue weighted by Crippen LogP contribution is 2.19. The second-order valence-corrected chi connectivity index (χ2v) is 9.91. The number of amides is 4. The lowest BCUT2D eigenvalue weighted by Gasteiger charge is -2.22. The maximum atomic E-state index is 13.3. The van der Waals surface area contributed by atoms with Gasteiger partial charge in [0.2, 0.25) is 17.7 Å². The maximum Gasteiger partial charge on any atom is 0.255 e. The van der Waals surface area contributed by atoms with E-state index in [9.17, 15) is 24.3 Å². The number of carbonyl (C=O) groups excluding carboxylic acids is 4. The Kier molecular flexibility index (Phi) is 10.9. The van der Waals surface area contributed by atoms with Crippen LogP contribution < -0.4 is 26.0 Å². The van der Waals surface area contributed by atoms with Crippen LogP contribution in [-0.2, 0) is 27.2 Å². The van der Waals surface area contributed by atoms with E-state index in [4.69, 9.17) is 4.74 Å². The number of fused-ring (bicyclic) bond motifs is 1. The van der Waals surface area contributed by atoms with E-state index >= 15 is 0 Å². The summed E-state index contributed by atoms with van der Waals surface area (Å²) in [5.74, 6) is -1.29. The minimum Gasteiger partial charge on any atom is -0.508 e. The molecule has 0 saturated heterocycles. The number of carbonyl (C=O) groups is 4. The van der Waals surface area contributed by atoms with Gasteiger partial charge < -0.3 is 31.1 Å². The van der Waals surface area contributed by atoms with Crippen LogP contribution in [0.5, 0.6) is 11.5 Å². The Balaban J connectivity index is 1.50. The second kappa shape index (κ2) is 15.2. The molecule has 11 heteroatoms. The fourth-order valence-corrected chi connectivity index (χ4v) is 4.48. The molecule has 4 amide bonds. The Morgan fingerprint density at radius 2 is 1.79 bits per heavy atom. The number of phenols is 1. The summed E-state index contributed by atoms with van der Waals surface area (Å²) < 4.78 is 5.84. The molecule has 4 rings (SSSR count). The van der Waals surface area contributed by atoms with E-state index in [2.05, 4.69) is 26.3 Å². The first-order valence-electron chi connectivity index (χ1n) is 13.9. The third-order valence-corrected chi connectivity index (χ3v) is 6.73. The quantitative estimate of drug-likeness (QED) is 0.300. The normalized spacial score (nSPS) is 18.4. The lowest BCUT2D eigenvalue weighted by atomic mass is 10.0. The van der Waals surface area contributed by atoms with Crippen LogP contribution in [0.2, 0.25) is 0 Å². The number of phenolic OH excluding ortho intramolecular Hbond substituents is 1. The Morgan fingerprint density at radius 3 is 2.57 bits per heavy atom. The first-order valence-corrected chi connectivity index (χ1v) is 13.9. The number of nitrogens with one attached hydrogen (secondary N) is 4. The zero-order valence-electron chi connectivity index (χ0n) is 23.2. The number of nitrogens with zero attached hydrogens (tertiary/aromatic N) is 1. The fraction of sp³-hybridized carbons (Fsp3) is 0.323. The Bertz CT molecular complexity index is 1370. The topological polar surface area (TPSA) is 159 Å². The zero-order valence-corrected chi connectivity index (χ0v) is 23.2. The summed E-state index contributed by atoms with van der Waals surface area (Å²) in [5, 5.41) is 20.8. The van der Waals surface area contributed by atoms with Crippen LogP contribution in [0, 0.1) is 0 Å². The van der Waals surface area contributed by atoms with Crippen molar-refractivity contribution >= 4 is 23.6 Å². The van der Waals surface area contributed by atoms with Gasteiger partial charge in [-0.1, -0.05) is 30.3 Å². The molecule has 1 aromatic heterocycles. The zero-order chi connectivity index (χ0) is 29.7. The molecule has 0 radical (unpaired) electrons. The van der Waals surface area contributed by atoms with Crippen molar-refractivity contribution in [2.24, 2.45) is 0 Å². The molecular formula is C31H35N5O6. The molecule has 1 aliphatic heterocycles. The highest BCUT2D eigenvalue weighted by molar-refractivity contribution is 5.99. The van der Waals surface area contributed by atoms with Gasteiger partial charge in [0.25, 0.3) is 5.91 Å². The van der Waals surface area contributed by atoms with Gasteiger partial charge in [0.1, 0.15) is 23.6 Å². The monoisotopic (exact) mass is 573 g/mol. The largest absolute Gasteiger partial charge is 0.508 e. The first kappa shape index (κ1) is 30.0. The molecule has 0 bridgehead atoms. The highest BCUT2D eigenvalue weighted by Gasteiger charge is 2.26. The van der Waals surface area contributed by atoms with Crippen molar-refractivity contribution in [1.29, 1.82) is 0 Å². The van der Waals surface area contributed by atoms with Crippen LogP contribution in [0.1, 0.15) is 40.9 Å². The van der Waals surface area contributed by atoms with Gasteiger partial charge in [-0.15, -0.1) is 0 Å². The van der Waals surface area contributed by atoms with Gasteiger partial charge in [-0.3, -0.25) is 24.2 Å². The molecule has 11 nitrogen and oxygen atoms in total. The number of para-hydroxylation sites is 1. The molecule has 2 heterocycles. The number of ether oxygens (including phenoxy) is 1. The third kappa shape index (κ3) is 9.05. The molecule has 220 valence electrons. The molecule has 0 fully saturated rings. The van der Waals surface area contributed by atoms with E-state index in [-0.39, 0.29) is 43.1 Å². The average Bonchev–Trinajstić information content (AvgIpc) is 2.99. The minimum absolute atomic E-state index is 0.00354. The van der Waals surface area contributed by atoms with Crippen LogP contribution in [0.25, 0.3) is 0 Å².